The molecule has 1 saturated heterocycles. The number of hydrogen-bond acceptors (Lipinski definition) is 5. The van der Waals surface area contributed by atoms with Crippen LogP contribution in [0, 0.1) is 13.8 Å². The van der Waals surface area contributed by atoms with Gasteiger partial charge in [0, 0.05) is 26.2 Å². The maximum absolute atomic E-state index is 12.8. The van der Waals surface area contributed by atoms with Gasteiger partial charge < -0.3 is 10.6 Å². The third kappa shape index (κ3) is 3.88. The van der Waals surface area contributed by atoms with Gasteiger partial charge in [0.15, 0.2) is 0 Å². The fourth-order valence-corrected chi connectivity index (χ4v) is 4.04. The largest absolute Gasteiger partial charge is 0.368 e. The molecular formula is C18H22N4O2S. The van der Waals surface area contributed by atoms with E-state index in [1.54, 1.807) is 4.90 Å². The van der Waals surface area contributed by atoms with Gasteiger partial charge >= 0.3 is 0 Å². The first-order chi connectivity index (χ1) is 12.0. The Morgan fingerprint density at radius 3 is 2.56 bits per heavy atom. The molecule has 2 heterocycles. The molecule has 1 aliphatic heterocycles. The van der Waals surface area contributed by atoms with Crippen molar-refractivity contribution < 1.29 is 9.59 Å². The lowest BCUT2D eigenvalue weighted by Crippen LogP contribution is -2.58. The van der Waals surface area contributed by atoms with Crippen LogP contribution in [0.1, 0.15) is 25.9 Å². The minimum Gasteiger partial charge on any atom is -0.368 e. The second-order valence-corrected chi connectivity index (χ2v) is 7.48. The fraction of sp³-hybridized carbons (Fsp3) is 0.389. The Kier molecular flexibility index (Phi) is 5.15. The van der Waals surface area contributed by atoms with Crippen molar-refractivity contribution in [2.75, 3.05) is 19.6 Å². The third-order valence-electron chi connectivity index (χ3n) is 4.43. The van der Waals surface area contributed by atoms with Crippen molar-refractivity contribution in [3.05, 3.63) is 51.5 Å². The Hall–Kier alpha value is -2.25. The van der Waals surface area contributed by atoms with E-state index in [1.165, 1.54) is 11.3 Å². The molecule has 1 aromatic carbocycles. The van der Waals surface area contributed by atoms with Gasteiger partial charge in [0.1, 0.15) is 10.9 Å². The normalized spacial score (nSPS) is 18.3. The van der Waals surface area contributed by atoms with E-state index < -0.39 is 11.9 Å². The maximum Gasteiger partial charge on any atom is 0.265 e. The summed E-state index contributed by atoms with van der Waals surface area (Å²) in [5.74, 6) is -0.459. The van der Waals surface area contributed by atoms with E-state index in [0.29, 0.717) is 31.1 Å². The van der Waals surface area contributed by atoms with Gasteiger partial charge in [-0.15, -0.1) is 11.3 Å². The highest BCUT2D eigenvalue weighted by atomic mass is 32.1. The molecule has 0 radical (unpaired) electrons. The van der Waals surface area contributed by atoms with Gasteiger partial charge in [0.05, 0.1) is 10.7 Å². The zero-order valence-corrected chi connectivity index (χ0v) is 15.3. The molecule has 25 heavy (non-hydrogen) atoms. The van der Waals surface area contributed by atoms with Crippen LogP contribution in [-0.2, 0) is 11.3 Å². The molecule has 132 valence electrons. The van der Waals surface area contributed by atoms with Crippen LogP contribution in [0.25, 0.3) is 0 Å². The number of benzene rings is 1. The number of thiazole rings is 1. The molecule has 0 saturated carbocycles. The highest BCUT2D eigenvalue weighted by Gasteiger charge is 2.34. The molecule has 1 atom stereocenters. The average Bonchev–Trinajstić information content (AvgIpc) is 2.93. The number of nitrogens with two attached hydrogens (primary N) is 1. The molecule has 6 nitrogen and oxygen atoms in total. The number of amides is 2. The number of aryl methyl sites for hydroxylation is 2. The van der Waals surface area contributed by atoms with Gasteiger partial charge in [-0.25, -0.2) is 4.98 Å². The van der Waals surface area contributed by atoms with Gasteiger partial charge in [-0.1, -0.05) is 30.3 Å². The first-order valence-electron chi connectivity index (χ1n) is 8.26. The predicted molar refractivity (Wildman–Crippen MR) is 97.3 cm³/mol. The number of piperazine rings is 1. The third-order valence-corrected chi connectivity index (χ3v) is 5.49. The summed E-state index contributed by atoms with van der Waals surface area (Å²) in [7, 11) is 0. The Bertz CT molecular complexity index is 775. The van der Waals surface area contributed by atoms with Crippen LogP contribution in [-0.4, -0.2) is 52.3 Å². The van der Waals surface area contributed by atoms with Gasteiger partial charge in [-0.3, -0.25) is 14.5 Å². The summed E-state index contributed by atoms with van der Waals surface area (Å²) in [6, 6.07) is 9.49. The quantitative estimate of drug-likeness (QED) is 0.900. The summed E-state index contributed by atoms with van der Waals surface area (Å²) in [6.45, 7) is 5.88. The van der Waals surface area contributed by atoms with Crippen LogP contribution in [0.5, 0.6) is 0 Å². The lowest BCUT2D eigenvalue weighted by Gasteiger charge is -2.39. The molecule has 7 heteroatoms. The molecule has 0 aliphatic carbocycles. The van der Waals surface area contributed by atoms with Crippen LogP contribution >= 0.6 is 11.3 Å². The summed E-state index contributed by atoms with van der Waals surface area (Å²) in [6.07, 6.45) is 0. The zero-order chi connectivity index (χ0) is 18.0. The Morgan fingerprint density at radius 2 is 1.96 bits per heavy atom. The molecule has 2 aromatic rings. The van der Waals surface area contributed by atoms with Gasteiger partial charge in [-0.2, -0.15) is 0 Å². The van der Waals surface area contributed by atoms with Crippen LogP contribution < -0.4 is 5.73 Å². The first-order valence-corrected chi connectivity index (χ1v) is 9.08. The number of rotatable bonds is 4. The average molecular weight is 358 g/mol. The van der Waals surface area contributed by atoms with E-state index in [0.717, 1.165) is 16.3 Å². The number of aromatic nitrogens is 1. The summed E-state index contributed by atoms with van der Waals surface area (Å²) < 4.78 is 0. The number of carbonyl (C=O) groups excluding carboxylic acids is 2. The minimum absolute atomic E-state index is 0.0614. The van der Waals surface area contributed by atoms with Crippen molar-refractivity contribution in [3.63, 3.8) is 0 Å². The minimum atomic E-state index is -0.479. The summed E-state index contributed by atoms with van der Waals surface area (Å²) in [5, 5.41) is 0.870. The zero-order valence-electron chi connectivity index (χ0n) is 14.4. The van der Waals surface area contributed by atoms with E-state index >= 15 is 0 Å². The van der Waals surface area contributed by atoms with Crippen molar-refractivity contribution in [2.45, 2.75) is 26.4 Å². The monoisotopic (exact) mass is 358 g/mol. The number of primary amides is 1. The number of carbonyl (C=O) groups is 2. The molecule has 1 aromatic heterocycles. The first kappa shape index (κ1) is 17.6. The second-order valence-electron chi connectivity index (χ2n) is 6.27. The van der Waals surface area contributed by atoms with Gasteiger partial charge in [0.25, 0.3) is 5.91 Å². The smallest absolute Gasteiger partial charge is 0.265 e. The van der Waals surface area contributed by atoms with Crippen molar-refractivity contribution >= 4 is 23.2 Å². The van der Waals surface area contributed by atoms with Crippen molar-refractivity contribution in [2.24, 2.45) is 5.73 Å². The molecule has 3 rings (SSSR count). The van der Waals surface area contributed by atoms with E-state index in [2.05, 4.69) is 4.98 Å². The number of hydrogen-bond donors (Lipinski definition) is 1. The van der Waals surface area contributed by atoms with Crippen molar-refractivity contribution in [3.8, 4) is 0 Å². The molecule has 2 amide bonds. The van der Waals surface area contributed by atoms with Crippen molar-refractivity contribution in [1.29, 1.82) is 0 Å². The highest BCUT2D eigenvalue weighted by Crippen LogP contribution is 2.22. The van der Waals surface area contributed by atoms with Crippen LogP contribution in [0.3, 0.4) is 0 Å². The van der Waals surface area contributed by atoms with Gasteiger partial charge in [-0.05, 0) is 19.4 Å². The Morgan fingerprint density at radius 1 is 1.24 bits per heavy atom. The lowest BCUT2D eigenvalue weighted by atomic mass is 10.1. The molecule has 2 N–H and O–H groups in total. The van der Waals surface area contributed by atoms with E-state index in [-0.39, 0.29) is 5.91 Å². The predicted octanol–water partition coefficient (Wildman–Crippen LogP) is 1.57. The SMILES string of the molecule is Cc1nc(C)c(C(=O)N2CCN(Cc3ccccc3)[C@@H](C(N)=O)C2)s1. The summed E-state index contributed by atoms with van der Waals surface area (Å²) in [4.78, 5) is 33.5. The lowest BCUT2D eigenvalue weighted by molar-refractivity contribution is -0.125. The standard InChI is InChI=1S/C18H22N4O2S/c1-12-16(25-13(2)20-12)18(24)22-9-8-21(15(11-22)17(19)23)10-14-6-4-3-5-7-14/h3-7,15H,8-11H2,1-2H3,(H2,19,23)/t15-/m1/s1. The van der Waals surface area contributed by atoms with Crippen LogP contribution in [0.2, 0.25) is 0 Å². The Balaban J connectivity index is 1.74. The van der Waals surface area contributed by atoms with Crippen molar-refractivity contribution in [1.82, 2.24) is 14.8 Å². The molecular weight excluding hydrogens is 336 g/mol. The maximum atomic E-state index is 12.8. The van der Waals surface area contributed by atoms with Crippen LogP contribution in [0.4, 0.5) is 0 Å². The van der Waals surface area contributed by atoms with E-state index in [1.807, 2.05) is 49.1 Å². The summed E-state index contributed by atoms with van der Waals surface area (Å²) >= 11 is 1.40. The fourth-order valence-electron chi connectivity index (χ4n) is 3.16. The molecule has 1 aliphatic rings. The Labute approximate surface area is 151 Å². The highest BCUT2D eigenvalue weighted by molar-refractivity contribution is 7.13. The van der Waals surface area contributed by atoms with Crippen LogP contribution in [0.15, 0.2) is 30.3 Å². The molecule has 0 bridgehead atoms. The molecule has 1 fully saturated rings. The van der Waals surface area contributed by atoms with E-state index in [9.17, 15) is 9.59 Å². The second kappa shape index (κ2) is 7.33. The molecule has 0 unspecified atom stereocenters. The number of nitrogens with zero attached hydrogens (tertiary/aromatic N) is 3. The summed E-state index contributed by atoms with van der Waals surface area (Å²) in [5.41, 5.74) is 7.49. The topological polar surface area (TPSA) is 79.5 Å². The molecule has 0 spiro atoms. The van der Waals surface area contributed by atoms with E-state index in [4.69, 9.17) is 5.73 Å². The van der Waals surface area contributed by atoms with Gasteiger partial charge in [0.2, 0.25) is 5.91 Å².